The molecule has 188 valence electrons. The number of nitrogens with zero attached hydrogens (tertiary/aromatic N) is 4. The molecule has 0 aliphatic carbocycles. The van der Waals surface area contributed by atoms with Gasteiger partial charge in [-0.15, -0.1) is 0 Å². The van der Waals surface area contributed by atoms with Crippen LogP contribution in [0.2, 0.25) is 5.02 Å². The highest BCUT2D eigenvalue weighted by atomic mass is 35.5. The summed E-state index contributed by atoms with van der Waals surface area (Å²) in [5.74, 6) is 0.530. The number of carbonyl (C=O) groups is 2. The van der Waals surface area contributed by atoms with Crippen LogP contribution in [0.1, 0.15) is 47.1 Å². The topological polar surface area (TPSA) is 79.5 Å². The minimum atomic E-state index is -0.333. The van der Waals surface area contributed by atoms with Gasteiger partial charge in [0.15, 0.2) is 0 Å². The molecule has 1 aromatic heterocycles. The fourth-order valence-corrected chi connectivity index (χ4v) is 4.72. The minimum absolute atomic E-state index is 0.0443. The van der Waals surface area contributed by atoms with Crippen molar-refractivity contribution in [3.8, 4) is 11.4 Å². The first-order chi connectivity index (χ1) is 18.1. The number of hydrogen-bond acceptors (Lipinski definition) is 5. The third-order valence-corrected chi connectivity index (χ3v) is 6.75. The second-order valence-corrected chi connectivity index (χ2v) is 9.51. The van der Waals surface area contributed by atoms with E-state index < -0.39 is 0 Å². The van der Waals surface area contributed by atoms with Crippen molar-refractivity contribution in [3.05, 3.63) is 107 Å². The van der Waals surface area contributed by atoms with E-state index in [1.54, 1.807) is 34.1 Å². The van der Waals surface area contributed by atoms with E-state index in [2.05, 4.69) is 10.1 Å². The van der Waals surface area contributed by atoms with Crippen LogP contribution >= 0.6 is 11.6 Å². The maximum absolute atomic E-state index is 13.7. The van der Waals surface area contributed by atoms with Gasteiger partial charge in [-0.2, -0.15) is 4.98 Å². The quantitative estimate of drug-likeness (QED) is 0.312. The normalized spacial score (nSPS) is 15.4. The van der Waals surface area contributed by atoms with Gasteiger partial charge in [0, 0.05) is 29.2 Å². The second kappa shape index (κ2) is 11.4. The number of amides is 2. The lowest BCUT2D eigenvalue weighted by Crippen LogP contribution is -2.45. The Balaban J connectivity index is 1.37. The van der Waals surface area contributed by atoms with Crippen molar-refractivity contribution in [2.75, 3.05) is 13.1 Å². The molecule has 0 spiro atoms. The fourth-order valence-electron chi connectivity index (χ4n) is 4.59. The summed E-state index contributed by atoms with van der Waals surface area (Å²) in [6, 6.07) is 25.6. The van der Waals surface area contributed by atoms with Gasteiger partial charge < -0.3 is 14.3 Å². The number of rotatable bonds is 7. The zero-order valence-electron chi connectivity index (χ0n) is 20.3. The molecule has 0 bridgehead atoms. The van der Waals surface area contributed by atoms with Crippen LogP contribution in [0.5, 0.6) is 0 Å². The summed E-state index contributed by atoms with van der Waals surface area (Å²) in [6.07, 6.45) is 2.55. The Hall–Kier alpha value is -3.97. The maximum Gasteiger partial charge on any atom is 0.254 e. The Bertz CT molecular complexity index is 1340. The van der Waals surface area contributed by atoms with Crippen LogP contribution in [0.15, 0.2) is 89.5 Å². The highest BCUT2D eigenvalue weighted by molar-refractivity contribution is 6.30. The van der Waals surface area contributed by atoms with E-state index >= 15 is 0 Å². The molecule has 1 aliphatic rings. The van der Waals surface area contributed by atoms with Crippen LogP contribution in [0.3, 0.4) is 0 Å². The largest absolute Gasteiger partial charge is 0.337 e. The predicted molar refractivity (Wildman–Crippen MR) is 141 cm³/mol. The summed E-state index contributed by atoms with van der Waals surface area (Å²) in [4.78, 5) is 35.0. The van der Waals surface area contributed by atoms with Gasteiger partial charge in [-0.25, -0.2) is 0 Å². The van der Waals surface area contributed by atoms with Gasteiger partial charge >= 0.3 is 0 Å². The molecule has 1 unspecified atom stereocenters. The first-order valence-corrected chi connectivity index (χ1v) is 12.7. The molecule has 7 nitrogen and oxygen atoms in total. The summed E-state index contributed by atoms with van der Waals surface area (Å²) in [7, 11) is 0. The maximum atomic E-state index is 13.7. The monoisotopic (exact) mass is 514 g/mol. The lowest BCUT2D eigenvalue weighted by atomic mass is 10.0. The van der Waals surface area contributed by atoms with E-state index in [1.165, 1.54) is 0 Å². The van der Waals surface area contributed by atoms with Crippen LogP contribution in [-0.2, 0) is 11.3 Å². The molecule has 2 amide bonds. The Morgan fingerprint density at radius 2 is 1.65 bits per heavy atom. The number of likely N-dealkylation sites (tertiary alicyclic amines) is 1. The molecule has 1 saturated heterocycles. The van der Waals surface area contributed by atoms with Gasteiger partial charge in [0.05, 0.1) is 0 Å². The van der Waals surface area contributed by atoms with E-state index in [1.807, 2.05) is 60.7 Å². The van der Waals surface area contributed by atoms with E-state index in [0.29, 0.717) is 35.4 Å². The zero-order chi connectivity index (χ0) is 25.6. The van der Waals surface area contributed by atoms with Crippen molar-refractivity contribution in [2.24, 2.45) is 0 Å². The lowest BCUT2D eigenvalue weighted by molar-refractivity contribution is -0.136. The van der Waals surface area contributed by atoms with Crippen LogP contribution in [-0.4, -0.2) is 44.8 Å². The predicted octanol–water partition coefficient (Wildman–Crippen LogP) is 5.79. The molecule has 0 N–H and O–H groups in total. The first-order valence-electron chi connectivity index (χ1n) is 12.4. The van der Waals surface area contributed by atoms with Gasteiger partial charge in [-0.1, -0.05) is 65.3 Å². The molecule has 37 heavy (non-hydrogen) atoms. The second-order valence-electron chi connectivity index (χ2n) is 9.07. The highest BCUT2D eigenvalue weighted by Gasteiger charge is 2.33. The molecule has 8 heteroatoms. The molecule has 4 aromatic rings. The summed E-state index contributed by atoms with van der Waals surface area (Å²) in [6.45, 7) is 0.859. The third-order valence-electron chi connectivity index (χ3n) is 6.50. The Morgan fingerprint density at radius 3 is 2.38 bits per heavy atom. The Labute approximate surface area is 220 Å². The molecule has 1 aliphatic heterocycles. The number of piperidine rings is 1. The van der Waals surface area contributed by atoms with E-state index in [9.17, 15) is 9.59 Å². The SMILES string of the molecule is O=C(c1ccccc1)N(CC(=O)N1CCCCC1c1nc(-c2ccc(Cl)cc2)no1)Cc1ccccc1. The molecule has 1 fully saturated rings. The highest BCUT2D eigenvalue weighted by Crippen LogP contribution is 2.31. The first kappa shape index (κ1) is 24.7. The van der Waals surface area contributed by atoms with Gasteiger partial charge in [0.2, 0.25) is 17.6 Å². The molecule has 1 atom stereocenters. The Morgan fingerprint density at radius 1 is 0.946 bits per heavy atom. The van der Waals surface area contributed by atoms with Gasteiger partial charge in [0.1, 0.15) is 12.6 Å². The molecule has 0 saturated carbocycles. The summed E-state index contributed by atoms with van der Waals surface area (Å²) < 4.78 is 5.62. The minimum Gasteiger partial charge on any atom is -0.337 e. The van der Waals surface area contributed by atoms with E-state index in [0.717, 1.165) is 30.4 Å². The van der Waals surface area contributed by atoms with Crippen molar-refractivity contribution in [2.45, 2.75) is 31.8 Å². The standard InChI is InChI=1S/C29H27ClN4O3/c30-24-16-14-22(15-17-24)27-31-28(37-32-27)25-13-7-8-18-34(25)26(35)20-33(19-21-9-3-1-4-10-21)29(36)23-11-5-2-6-12-23/h1-6,9-12,14-17,25H,7-8,13,18-20H2. The molecule has 0 radical (unpaired) electrons. The third kappa shape index (κ3) is 5.89. The van der Waals surface area contributed by atoms with Crippen molar-refractivity contribution >= 4 is 23.4 Å². The fraction of sp³-hybridized carbons (Fsp3) is 0.241. The molecule has 3 aromatic carbocycles. The van der Waals surface area contributed by atoms with Crippen LogP contribution < -0.4 is 0 Å². The molecular formula is C29H27ClN4O3. The van der Waals surface area contributed by atoms with Crippen molar-refractivity contribution in [1.82, 2.24) is 19.9 Å². The summed E-state index contributed by atoms with van der Waals surface area (Å²) in [5.41, 5.74) is 2.29. The van der Waals surface area contributed by atoms with Crippen molar-refractivity contribution in [3.63, 3.8) is 0 Å². The molecule has 2 heterocycles. The van der Waals surface area contributed by atoms with Gasteiger partial charge in [-0.05, 0) is 61.2 Å². The van der Waals surface area contributed by atoms with Crippen molar-refractivity contribution < 1.29 is 14.1 Å². The average molecular weight is 515 g/mol. The van der Waals surface area contributed by atoms with Gasteiger partial charge in [0.25, 0.3) is 5.91 Å². The molecular weight excluding hydrogens is 488 g/mol. The Kier molecular flexibility index (Phi) is 7.61. The summed E-state index contributed by atoms with van der Waals surface area (Å²) >= 11 is 6.00. The zero-order valence-corrected chi connectivity index (χ0v) is 21.1. The van der Waals surface area contributed by atoms with Crippen LogP contribution in [0, 0.1) is 0 Å². The number of aromatic nitrogens is 2. The number of carbonyl (C=O) groups excluding carboxylic acids is 2. The van der Waals surface area contributed by atoms with E-state index in [-0.39, 0.29) is 24.4 Å². The lowest BCUT2D eigenvalue weighted by Gasteiger charge is -2.35. The number of benzene rings is 3. The van der Waals surface area contributed by atoms with Crippen LogP contribution in [0.4, 0.5) is 0 Å². The van der Waals surface area contributed by atoms with E-state index in [4.69, 9.17) is 16.1 Å². The smallest absolute Gasteiger partial charge is 0.254 e. The van der Waals surface area contributed by atoms with Crippen molar-refractivity contribution in [1.29, 1.82) is 0 Å². The van der Waals surface area contributed by atoms with Crippen LogP contribution in [0.25, 0.3) is 11.4 Å². The summed E-state index contributed by atoms with van der Waals surface area (Å²) in [5, 5.41) is 4.76. The van der Waals surface area contributed by atoms with Gasteiger partial charge in [-0.3, -0.25) is 9.59 Å². The number of hydrogen-bond donors (Lipinski definition) is 0. The average Bonchev–Trinajstić information content (AvgIpc) is 3.44. The number of halogens is 1. The molecule has 5 rings (SSSR count).